The van der Waals surface area contributed by atoms with Gasteiger partial charge in [-0.1, -0.05) is 19.9 Å². The Kier molecular flexibility index (Phi) is 3.10. The molecule has 1 saturated heterocycles. The van der Waals surface area contributed by atoms with Crippen molar-refractivity contribution < 1.29 is 9.31 Å². The molecular weight excluding hydrogens is 187 g/mol. The smallest absolute Gasteiger partial charge is 0.403 e. The Hall–Kier alpha value is -0.275. The van der Waals surface area contributed by atoms with Crippen LogP contribution in [0.4, 0.5) is 0 Å². The number of rotatable bonds is 3. The Bertz CT molecular complexity index is 244. The predicted molar refractivity (Wildman–Crippen MR) is 64.9 cm³/mol. The van der Waals surface area contributed by atoms with Gasteiger partial charge in [0.15, 0.2) is 0 Å². The van der Waals surface area contributed by atoms with E-state index in [0.29, 0.717) is 0 Å². The van der Waals surface area contributed by atoms with E-state index in [-0.39, 0.29) is 23.6 Å². The fourth-order valence-electron chi connectivity index (χ4n) is 1.52. The van der Waals surface area contributed by atoms with Crippen LogP contribution in [0.1, 0.15) is 48.0 Å². The summed E-state index contributed by atoms with van der Waals surface area (Å²) in [7, 11) is -0.190. The zero-order valence-electron chi connectivity index (χ0n) is 10.9. The van der Waals surface area contributed by atoms with Gasteiger partial charge in [-0.2, -0.15) is 0 Å². The highest BCUT2D eigenvalue weighted by Crippen LogP contribution is 2.46. The molecule has 1 aliphatic heterocycles. The van der Waals surface area contributed by atoms with E-state index < -0.39 is 0 Å². The molecule has 0 bridgehead atoms. The summed E-state index contributed by atoms with van der Waals surface area (Å²) < 4.78 is 12.0. The fraction of sp³-hybridized carbons (Fsp3) is 0.833. The lowest BCUT2D eigenvalue weighted by Crippen LogP contribution is -2.41. The largest absolute Gasteiger partial charge is 0.468 e. The molecule has 2 nitrogen and oxygen atoms in total. The third-order valence-electron chi connectivity index (χ3n) is 4.02. The molecule has 0 N–H and O–H groups in total. The minimum absolute atomic E-state index is 0.106. The average Bonchev–Trinajstić information content (AvgIpc) is 2.35. The van der Waals surface area contributed by atoms with Crippen LogP contribution in [0, 0.1) is 0 Å². The predicted octanol–water partition coefficient (Wildman–Crippen LogP) is 3.43. The number of hydrogen-bond acceptors (Lipinski definition) is 2. The molecule has 1 aliphatic rings. The molecule has 1 fully saturated rings. The molecule has 0 aromatic carbocycles. The third-order valence-corrected chi connectivity index (χ3v) is 4.02. The van der Waals surface area contributed by atoms with E-state index >= 15 is 0 Å². The van der Waals surface area contributed by atoms with Crippen molar-refractivity contribution in [3.05, 3.63) is 12.7 Å². The van der Waals surface area contributed by atoms with Crippen molar-refractivity contribution in [2.75, 3.05) is 0 Å². The van der Waals surface area contributed by atoms with Crippen LogP contribution in [0.25, 0.3) is 0 Å². The Labute approximate surface area is 94.2 Å². The van der Waals surface area contributed by atoms with Gasteiger partial charge >= 0.3 is 7.12 Å². The molecule has 86 valence electrons. The summed E-state index contributed by atoms with van der Waals surface area (Å²) in [5, 5.41) is -0.106. The molecule has 0 saturated carbocycles. The summed E-state index contributed by atoms with van der Waals surface area (Å²) in [5.74, 6) is 0. The molecule has 1 heterocycles. The zero-order chi connectivity index (χ0) is 11.9. The highest BCUT2D eigenvalue weighted by atomic mass is 16.7. The first kappa shape index (κ1) is 12.8. The first-order valence-corrected chi connectivity index (χ1v) is 5.68. The summed E-state index contributed by atoms with van der Waals surface area (Å²) >= 11 is 0. The number of allylic oxidation sites excluding steroid dienone is 1. The van der Waals surface area contributed by atoms with Crippen molar-refractivity contribution in [2.45, 2.75) is 64.5 Å². The lowest BCUT2D eigenvalue weighted by molar-refractivity contribution is 0.00578. The van der Waals surface area contributed by atoms with E-state index in [0.717, 1.165) is 6.42 Å². The standard InChI is InChI=1S/C12H23BO2/c1-8-12(7,9-2)13-14-10(3,4)11(5,6)15-13/h8H,1,9H2,2-7H3. The van der Waals surface area contributed by atoms with Gasteiger partial charge in [-0.05, 0) is 34.1 Å². The highest BCUT2D eigenvalue weighted by Gasteiger charge is 2.56. The second-order valence-corrected chi connectivity index (χ2v) is 5.65. The Balaban J connectivity index is 2.92. The Morgan fingerprint density at radius 3 is 1.87 bits per heavy atom. The summed E-state index contributed by atoms with van der Waals surface area (Å²) in [6.45, 7) is 16.4. The van der Waals surface area contributed by atoms with E-state index in [4.69, 9.17) is 9.31 Å². The summed E-state index contributed by atoms with van der Waals surface area (Å²) in [6, 6.07) is 0. The van der Waals surface area contributed by atoms with E-state index in [1.165, 1.54) is 0 Å². The highest BCUT2D eigenvalue weighted by molar-refractivity contribution is 6.50. The monoisotopic (exact) mass is 210 g/mol. The van der Waals surface area contributed by atoms with Gasteiger partial charge in [0, 0.05) is 5.31 Å². The van der Waals surface area contributed by atoms with Gasteiger partial charge in [-0.3, -0.25) is 0 Å². The molecule has 1 atom stereocenters. The molecule has 0 amide bonds. The van der Waals surface area contributed by atoms with Crippen molar-refractivity contribution in [3.63, 3.8) is 0 Å². The van der Waals surface area contributed by atoms with Gasteiger partial charge in [0.05, 0.1) is 11.2 Å². The maximum atomic E-state index is 6.02. The lowest BCUT2D eigenvalue weighted by atomic mass is 9.57. The van der Waals surface area contributed by atoms with Crippen LogP contribution in [-0.4, -0.2) is 18.3 Å². The quantitative estimate of drug-likeness (QED) is 0.524. The first-order chi connectivity index (χ1) is 6.68. The molecule has 1 rings (SSSR count). The van der Waals surface area contributed by atoms with Crippen LogP contribution in [-0.2, 0) is 9.31 Å². The van der Waals surface area contributed by atoms with Crippen molar-refractivity contribution >= 4 is 7.12 Å². The van der Waals surface area contributed by atoms with E-state index in [1.807, 2.05) is 6.08 Å². The summed E-state index contributed by atoms with van der Waals surface area (Å²) in [5.41, 5.74) is -0.506. The SMILES string of the molecule is C=CC(C)(CC)B1OC(C)(C)C(C)(C)O1. The van der Waals surface area contributed by atoms with E-state index in [2.05, 4.69) is 48.1 Å². The van der Waals surface area contributed by atoms with Crippen molar-refractivity contribution in [1.29, 1.82) is 0 Å². The molecule has 0 aromatic heterocycles. The van der Waals surface area contributed by atoms with Crippen molar-refractivity contribution in [2.24, 2.45) is 0 Å². The van der Waals surface area contributed by atoms with Gasteiger partial charge < -0.3 is 9.31 Å². The summed E-state index contributed by atoms with van der Waals surface area (Å²) in [4.78, 5) is 0. The normalized spacial score (nSPS) is 27.5. The molecule has 0 spiro atoms. The third kappa shape index (κ3) is 2.00. The van der Waals surface area contributed by atoms with Gasteiger partial charge in [0.25, 0.3) is 0 Å². The fourth-order valence-corrected chi connectivity index (χ4v) is 1.52. The van der Waals surface area contributed by atoms with Crippen LogP contribution >= 0.6 is 0 Å². The van der Waals surface area contributed by atoms with Crippen LogP contribution in [0.5, 0.6) is 0 Å². The van der Waals surface area contributed by atoms with Gasteiger partial charge in [-0.25, -0.2) is 0 Å². The lowest BCUT2D eigenvalue weighted by Gasteiger charge is -2.32. The van der Waals surface area contributed by atoms with Crippen LogP contribution in [0.2, 0.25) is 5.31 Å². The topological polar surface area (TPSA) is 18.5 Å². The number of hydrogen-bond donors (Lipinski definition) is 0. The maximum absolute atomic E-state index is 6.02. The van der Waals surface area contributed by atoms with Crippen molar-refractivity contribution in [3.8, 4) is 0 Å². The van der Waals surface area contributed by atoms with E-state index in [9.17, 15) is 0 Å². The van der Waals surface area contributed by atoms with Crippen LogP contribution in [0.3, 0.4) is 0 Å². The Morgan fingerprint density at radius 1 is 1.20 bits per heavy atom. The Morgan fingerprint density at radius 2 is 1.60 bits per heavy atom. The van der Waals surface area contributed by atoms with Crippen molar-refractivity contribution in [1.82, 2.24) is 0 Å². The van der Waals surface area contributed by atoms with Crippen LogP contribution in [0.15, 0.2) is 12.7 Å². The van der Waals surface area contributed by atoms with Crippen LogP contribution < -0.4 is 0 Å². The first-order valence-electron chi connectivity index (χ1n) is 5.68. The molecule has 0 aliphatic carbocycles. The molecule has 0 aromatic rings. The molecule has 0 radical (unpaired) electrons. The van der Waals surface area contributed by atoms with Gasteiger partial charge in [0.1, 0.15) is 0 Å². The minimum atomic E-state index is -0.253. The van der Waals surface area contributed by atoms with E-state index in [1.54, 1.807) is 0 Å². The molecular formula is C12H23BO2. The molecule has 15 heavy (non-hydrogen) atoms. The molecule has 1 unspecified atom stereocenters. The summed E-state index contributed by atoms with van der Waals surface area (Å²) in [6.07, 6.45) is 2.91. The maximum Gasteiger partial charge on any atom is 0.468 e. The zero-order valence-corrected chi connectivity index (χ0v) is 10.9. The van der Waals surface area contributed by atoms with Gasteiger partial charge in [-0.15, -0.1) is 6.58 Å². The average molecular weight is 210 g/mol. The second kappa shape index (κ2) is 3.64. The second-order valence-electron chi connectivity index (χ2n) is 5.65. The van der Waals surface area contributed by atoms with Gasteiger partial charge in [0.2, 0.25) is 0 Å². The molecule has 3 heteroatoms. The minimum Gasteiger partial charge on any atom is -0.403 e.